The maximum atomic E-state index is 11.9. The van der Waals surface area contributed by atoms with Crippen LogP contribution in [0.3, 0.4) is 0 Å². The van der Waals surface area contributed by atoms with Crippen molar-refractivity contribution in [1.29, 1.82) is 0 Å². The molecule has 0 atom stereocenters. The van der Waals surface area contributed by atoms with Gasteiger partial charge in [0.25, 0.3) is 0 Å². The molecule has 0 aliphatic rings. The van der Waals surface area contributed by atoms with E-state index in [1.54, 1.807) is 6.92 Å². The molecule has 0 aromatic rings. The Kier molecular flexibility index (Phi) is 8.08. The van der Waals surface area contributed by atoms with Crippen molar-refractivity contribution in [1.82, 2.24) is 9.80 Å². The minimum Gasteiger partial charge on any atom is -0.480 e. The highest BCUT2D eigenvalue weighted by Crippen LogP contribution is 1.99. The molecule has 17 heavy (non-hydrogen) atoms. The highest BCUT2D eigenvalue weighted by atomic mass is 16.5. The molecule has 0 fully saturated rings. The zero-order chi connectivity index (χ0) is 13.3. The van der Waals surface area contributed by atoms with Gasteiger partial charge in [-0.1, -0.05) is 0 Å². The van der Waals surface area contributed by atoms with Gasteiger partial charge in [0, 0.05) is 26.7 Å². The number of aliphatic hydroxyl groups excluding tert-OH is 1. The molecule has 0 saturated carbocycles. The predicted molar refractivity (Wildman–Crippen MR) is 60.8 cm³/mol. The minimum atomic E-state index is -1.06. The monoisotopic (exact) mass is 248 g/mol. The Balaban J connectivity index is 4.48. The highest BCUT2D eigenvalue weighted by Gasteiger charge is 2.20. The highest BCUT2D eigenvalue weighted by molar-refractivity contribution is 5.80. The standard InChI is InChI=1S/C10H20N2O5/c1-3-11(8-9(14)15)10(16)12(4-6-13)5-7-17-2/h13H,3-8H2,1-2H3,(H,14,15). The van der Waals surface area contributed by atoms with Gasteiger partial charge in [0.15, 0.2) is 0 Å². The van der Waals surface area contributed by atoms with Gasteiger partial charge in [0.1, 0.15) is 6.54 Å². The van der Waals surface area contributed by atoms with Crippen LogP contribution in [-0.4, -0.2) is 78.5 Å². The lowest BCUT2D eigenvalue weighted by molar-refractivity contribution is -0.137. The number of hydrogen-bond donors (Lipinski definition) is 2. The van der Waals surface area contributed by atoms with Gasteiger partial charge >= 0.3 is 12.0 Å². The quantitative estimate of drug-likeness (QED) is 0.601. The topological polar surface area (TPSA) is 90.3 Å². The molecular weight excluding hydrogens is 228 g/mol. The second-order valence-corrected chi connectivity index (χ2v) is 3.39. The number of carbonyl (C=O) groups excluding carboxylic acids is 1. The average Bonchev–Trinajstić information content (AvgIpc) is 2.30. The van der Waals surface area contributed by atoms with E-state index in [-0.39, 0.29) is 19.7 Å². The number of methoxy groups -OCH3 is 1. The Morgan fingerprint density at radius 2 is 1.88 bits per heavy atom. The summed E-state index contributed by atoms with van der Waals surface area (Å²) < 4.78 is 4.85. The SMILES string of the molecule is CCN(CC(=O)O)C(=O)N(CCO)CCOC. The Morgan fingerprint density at radius 1 is 1.24 bits per heavy atom. The van der Waals surface area contributed by atoms with Gasteiger partial charge in [-0.25, -0.2) is 4.79 Å². The second-order valence-electron chi connectivity index (χ2n) is 3.39. The van der Waals surface area contributed by atoms with E-state index < -0.39 is 12.0 Å². The van der Waals surface area contributed by atoms with Crippen molar-refractivity contribution in [2.75, 3.05) is 46.5 Å². The minimum absolute atomic E-state index is 0.165. The molecule has 0 radical (unpaired) electrons. The number of carboxylic acid groups (broad SMARTS) is 1. The first-order valence-electron chi connectivity index (χ1n) is 5.42. The van der Waals surface area contributed by atoms with Crippen molar-refractivity contribution in [2.45, 2.75) is 6.92 Å². The van der Waals surface area contributed by atoms with Crippen molar-refractivity contribution >= 4 is 12.0 Å². The summed E-state index contributed by atoms with van der Waals surface area (Å²) in [5.74, 6) is -1.06. The lowest BCUT2D eigenvalue weighted by Gasteiger charge is -2.28. The zero-order valence-electron chi connectivity index (χ0n) is 10.3. The van der Waals surface area contributed by atoms with Crippen molar-refractivity contribution in [2.24, 2.45) is 0 Å². The van der Waals surface area contributed by atoms with Gasteiger partial charge in [-0.3, -0.25) is 4.79 Å². The van der Waals surface area contributed by atoms with Gasteiger partial charge in [-0.15, -0.1) is 0 Å². The van der Waals surface area contributed by atoms with E-state index in [0.717, 1.165) is 0 Å². The Hall–Kier alpha value is -1.34. The summed E-state index contributed by atoms with van der Waals surface area (Å²) in [6, 6.07) is -0.402. The van der Waals surface area contributed by atoms with E-state index in [1.807, 2.05) is 0 Å². The smallest absolute Gasteiger partial charge is 0.323 e. The fraction of sp³-hybridized carbons (Fsp3) is 0.800. The van der Waals surface area contributed by atoms with Crippen LogP contribution >= 0.6 is 0 Å². The number of aliphatic carboxylic acids is 1. The molecular formula is C10H20N2O5. The number of likely N-dealkylation sites (N-methyl/N-ethyl adjacent to an activating group) is 1. The number of rotatable bonds is 8. The summed E-state index contributed by atoms with van der Waals surface area (Å²) in [6.45, 7) is 2.33. The van der Waals surface area contributed by atoms with Crippen LogP contribution in [0, 0.1) is 0 Å². The van der Waals surface area contributed by atoms with Crippen LogP contribution in [0.2, 0.25) is 0 Å². The van der Waals surface area contributed by atoms with Crippen molar-refractivity contribution < 1.29 is 24.5 Å². The van der Waals surface area contributed by atoms with Crippen LogP contribution < -0.4 is 0 Å². The van der Waals surface area contributed by atoms with Crippen LogP contribution in [0.4, 0.5) is 4.79 Å². The predicted octanol–water partition coefficient (Wildman–Crippen LogP) is -0.546. The number of nitrogens with zero attached hydrogens (tertiary/aromatic N) is 2. The van der Waals surface area contributed by atoms with Crippen molar-refractivity contribution in [3.8, 4) is 0 Å². The number of carbonyl (C=O) groups is 2. The average molecular weight is 248 g/mol. The van der Waals surface area contributed by atoms with Gasteiger partial charge in [-0.2, -0.15) is 0 Å². The molecule has 0 bridgehead atoms. The molecule has 0 aliphatic carbocycles. The summed E-state index contributed by atoms with van der Waals surface area (Å²) in [4.78, 5) is 25.1. The van der Waals surface area contributed by atoms with Crippen LogP contribution in [0.5, 0.6) is 0 Å². The largest absolute Gasteiger partial charge is 0.480 e. The summed E-state index contributed by atoms with van der Waals surface area (Å²) in [5, 5.41) is 17.5. The first kappa shape index (κ1) is 15.7. The molecule has 0 heterocycles. The third kappa shape index (κ3) is 6.08. The fourth-order valence-electron chi connectivity index (χ4n) is 1.30. The maximum absolute atomic E-state index is 11.9. The van der Waals surface area contributed by atoms with E-state index in [1.165, 1.54) is 16.9 Å². The molecule has 0 unspecified atom stereocenters. The van der Waals surface area contributed by atoms with Gasteiger partial charge in [-0.05, 0) is 6.92 Å². The Morgan fingerprint density at radius 3 is 2.29 bits per heavy atom. The molecule has 0 aliphatic heterocycles. The van der Waals surface area contributed by atoms with Crippen LogP contribution in [-0.2, 0) is 9.53 Å². The summed E-state index contributed by atoms with van der Waals surface area (Å²) >= 11 is 0. The van der Waals surface area contributed by atoms with Crippen LogP contribution in [0.15, 0.2) is 0 Å². The molecule has 2 N–H and O–H groups in total. The first-order chi connectivity index (χ1) is 8.06. The third-order valence-corrected chi connectivity index (χ3v) is 2.18. The summed E-state index contributed by atoms with van der Waals surface area (Å²) in [7, 11) is 1.51. The second kappa shape index (κ2) is 8.77. The summed E-state index contributed by atoms with van der Waals surface area (Å²) in [5.41, 5.74) is 0. The number of urea groups is 1. The van der Waals surface area contributed by atoms with Gasteiger partial charge in [0.05, 0.1) is 13.2 Å². The number of ether oxygens (including phenoxy) is 1. The van der Waals surface area contributed by atoms with E-state index in [9.17, 15) is 9.59 Å². The fourth-order valence-corrected chi connectivity index (χ4v) is 1.30. The lowest BCUT2D eigenvalue weighted by atomic mass is 10.4. The normalized spacial score (nSPS) is 10.1. The molecule has 0 rings (SSSR count). The number of amides is 2. The van der Waals surface area contributed by atoms with Gasteiger partial charge < -0.3 is 24.7 Å². The molecule has 0 aromatic carbocycles. The van der Waals surface area contributed by atoms with E-state index in [2.05, 4.69) is 0 Å². The lowest BCUT2D eigenvalue weighted by Crippen LogP contribution is -2.47. The van der Waals surface area contributed by atoms with E-state index >= 15 is 0 Å². The molecule has 0 spiro atoms. The molecule has 7 heteroatoms. The van der Waals surface area contributed by atoms with Crippen molar-refractivity contribution in [3.63, 3.8) is 0 Å². The molecule has 7 nitrogen and oxygen atoms in total. The maximum Gasteiger partial charge on any atom is 0.323 e. The zero-order valence-corrected chi connectivity index (χ0v) is 10.3. The van der Waals surface area contributed by atoms with E-state index in [4.69, 9.17) is 14.9 Å². The summed E-state index contributed by atoms with van der Waals surface area (Å²) in [6.07, 6.45) is 0. The number of carboxylic acids is 1. The molecule has 0 saturated heterocycles. The van der Waals surface area contributed by atoms with E-state index in [0.29, 0.717) is 19.7 Å². The molecule has 2 amide bonds. The van der Waals surface area contributed by atoms with Crippen LogP contribution in [0.25, 0.3) is 0 Å². The molecule has 100 valence electrons. The third-order valence-electron chi connectivity index (χ3n) is 2.18. The Bertz CT molecular complexity index is 247. The van der Waals surface area contributed by atoms with Crippen molar-refractivity contribution in [3.05, 3.63) is 0 Å². The molecule has 0 aromatic heterocycles. The van der Waals surface area contributed by atoms with Gasteiger partial charge in [0.2, 0.25) is 0 Å². The first-order valence-corrected chi connectivity index (χ1v) is 5.42. The Labute approximate surface area is 101 Å². The number of hydrogen-bond acceptors (Lipinski definition) is 4. The van der Waals surface area contributed by atoms with Crippen LogP contribution in [0.1, 0.15) is 6.92 Å². The number of aliphatic hydroxyl groups is 1.